The lowest BCUT2D eigenvalue weighted by molar-refractivity contribution is -0.118. The minimum absolute atomic E-state index is 0.103. The molecular weight excluding hydrogens is 348 g/mol. The zero-order chi connectivity index (χ0) is 19.5. The van der Waals surface area contributed by atoms with Crippen LogP contribution in [0.1, 0.15) is 12.5 Å². The van der Waals surface area contributed by atoms with Gasteiger partial charge in [-0.2, -0.15) is 0 Å². The first kappa shape index (κ1) is 20.3. The van der Waals surface area contributed by atoms with E-state index in [2.05, 4.69) is 10.6 Å². The summed E-state index contributed by atoms with van der Waals surface area (Å²) in [5, 5.41) is 5.33. The largest absolute Gasteiger partial charge is 0.483 e. The van der Waals surface area contributed by atoms with Crippen molar-refractivity contribution in [3.05, 3.63) is 54.1 Å². The number of amides is 2. The molecule has 2 aromatic rings. The van der Waals surface area contributed by atoms with Gasteiger partial charge in [0.05, 0.1) is 6.61 Å². The van der Waals surface area contributed by atoms with Gasteiger partial charge >= 0.3 is 6.09 Å². The van der Waals surface area contributed by atoms with Gasteiger partial charge in [-0.25, -0.2) is 4.79 Å². The number of carbonyl (C=O) groups excluding carboxylic acids is 2. The van der Waals surface area contributed by atoms with E-state index in [4.69, 9.17) is 14.2 Å². The first-order valence-electron chi connectivity index (χ1n) is 8.65. The number of para-hydroxylation sites is 1. The molecule has 0 saturated carbocycles. The van der Waals surface area contributed by atoms with Gasteiger partial charge in [0.1, 0.15) is 12.4 Å². The Kier molecular flexibility index (Phi) is 8.12. The first-order chi connectivity index (χ1) is 13.1. The summed E-state index contributed by atoms with van der Waals surface area (Å²) in [5.41, 5.74) is 2.10. The maximum absolute atomic E-state index is 12.1. The van der Waals surface area contributed by atoms with Gasteiger partial charge in [-0.05, 0) is 36.2 Å². The maximum Gasteiger partial charge on any atom is 0.411 e. The van der Waals surface area contributed by atoms with Crippen molar-refractivity contribution in [3.63, 3.8) is 0 Å². The molecule has 2 aromatic carbocycles. The molecule has 27 heavy (non-hydrogen) atoms. The van der Waals surface area contributed by atoms with E-state index >= 15 is 0 Å². The standard InChI is InChI=1S/C20H24N2O5/c1-3-15-7-4-5-10-18(15)27-14-19(23)21-16-8-6-9-17(13-16)22-20(24)26-12-11-25-2/h4-10,13H,3,11-12,14H2,1-2H3,(H,21,23)(H,22,24). The van der Waals surface area contributed by atoms with Crippen LogP contribution in [0.3, 0.4) is 0 Å². The van der Waals surface area contributed by atoms with Crippen molar-refractivity contribution in [1.82, 2.24) is 0 Å². The van der Waals surface area contributed by atoms with Gasteiger partial charge in [0, 0.05) is 18.5 Å². The maximum atomic E-state index is 12.1. The summed E-state index contributed by atoms with van der Waals surface area (Å²) in [6.45, 7) is 2.41. The molecular formula is C20H24N2O5. The fourth-order valence-corrected chi connectivity index (χ4v) is 2.32. The van der Waals surface area contributed by atoms with Crippen LogP contribution in [0.5, 0.6) is 5.75 Å². The lowest BCUT2D eigenvalue weighted by Crippen LogP contribution is -2.21. The van der Waals surface area contributed by atoms with Crippen molar-refractivity contribution in [3.8, 4) is 5.75 Å². The Hall–Kier alpha value is -3.06. The Balaban J connectivity index is 1.86. The van der Waals surface area contributed by atoms with E-state index in [1.54, 1.807) is 24.3 Å². The lowest BCUT2D eigenvalue weighted by Gasteiger charge is -2.11. The summed E-state index contributed by atoms with van der Waals surface area (Å²) in [5.74, 6) is 0.407. The van der Waals surface area contributed by atoms with Crippen molar-refractivity contribution in [1.29, 1.82) is 0 Å². The number of methoxy groups -OCH3 is 1. The van der Waals surface area contributed by atoms with E-state index in [9.17, 15) is 9.59 Å². The van der Waals surface area contributed by atoms with Crippen LogP contribution in [0.25, 0.3) is 0 Å². The Morgan fingerprint density at radius 3 is 2.44 bits per heavy atom. The van der Waals surface area contributed by atoms with E-state index in [1.165, 1.54) is 7.11 Å². The van der Waals surface area contributed by atoms with Crippen molar-refractivity contribution in [2.45, 2.75) is 13.3 Å². The third-order valence-electron chi connectivity index (χ3n) is 3.63. The number of nitrogens with one attached hydrogen (secondary N) is 2. The Morgan fingerprint density at radius 1 is 0.963 bits per heavy atom. The number of rotatable bonds is 9. The average Bonchev–Trinajstić information content (AvgIpc) is 2.67. The van der Waals surface area contributed by atoms with Crippen molar-refractivity contribution >= 4 is 23.4 Å². The molecule has 144 valence electrons. The molecule has 0 radical (unpaired) electrons. The molecule has 0 atom stereocenters. The topological polar surface area (TPSA) is 85.9 Å². The minimum atomic E-state index is -0.588. The minimum Gasteiger partial charge on any atom is -0.483 e. The quantitative estimate of drug-likeness (QED) is 0.659. The number of ether oxygens (including phenoxy) is 3. The predicted octanol–water partition coefficient (Wildman–Crippen LogP) is 3.46. The zero-order valence-electron chi connectivity index (χ0n) is 15.5. The fourth-order valence-electron chi connectivity index (χ4n) is 2.32. The van der Waals surface area contributed by atoms with Crippen LogP contribution in [0.4, 0.5) is 16.2 Å². The normalized spacial score (nSPS) is 10.1. The summed E-state index contributed by atoms with van der Waals surface area (Å²) in [6.07, 6.45) is 0.237. The van der Waals surface area contributed by atoms with Crippen LogP contribution in [0.15, 0.2) is 48.5 Å². The Morgan fingerprint density at radius 2 is 1.70 bits per heavy atom. The molecule has 7 nitrogen and oxygen atoms in total. The molecule has 0 saturated heterocycles. The molecule has 0 unspecified atom stereocenters. The summed E-state index contributed by atoms with van der Waals surface area (Å²) >= 11 is 0. The van der Waals surface area contributed by atoms with Gasteiger partial charge < -0.3 is 19.5 Å². The second-order valence-electron chi connectivity index (χ2n) is 5.63. The number of hydrogen-bond acceptors (Lipinski definition) is 5. The van der Waals surface area contributed by atoms with Crippen molar-refractivity contribution < 1.29 is 23.8 Å². The molecule has 2 amide bonds. The van der Waals surface area contributed by atoms with Crippen molar-refractivity contribution in [2.24, 2.45) is 0 Å². The number of benzene rings is 2. The summed E-state index contributed by atoms with van der Waals surface area (Å²) in [4.78, 5) is 23.8. The molecule has 0 heterocycles. The SMILES string of the molecule is CCc1ccccc1OCC(=O)Nc1cccc(NC(=O)OCCOC)c1. The number of carbonyl (C=O) groups is 2. The first-order valence-corrected chi connectivity index (χ1v) is 8.65. The highest BCUT2D eigenvalue weighted by molar-refractivity contribution is 5.93. The van der Waals surface area contributed by atoms with Gasteiger partial charge in [-0.3, -0.25) is 10.1 Å². The van der Waals surface area contributed by atoms with Crippen LogP contribution >= 0.6 is 0 Å². The van der Waals surface area contributed by atoms with Crippen LogP contribution in [0, 0.1) is 0 Å². The second-order valence-corrected chi connectivity index (χ2v) is 5.63. The summed E-state index contributed by atoms with van der Waals surface area (Å²) in [6, 6.07) is 14.4. The molecule has 0 aliphatic rings. The molecule has 0 aromatic heterocycles. The van der Waals surface area contributed by atoms with Gasteiger partial charge in [-0.15, -0.1) is 0 Å². The van der Waals surface area contributed by atoms with Crippen LogP contribution in [-0.4, -0.2) is 38.9 Å². The third-order valence-corrected chi connectivity index (χ3v) is 3.63. The van der Waals surface area contributed by atoms with Gasteiger partial charge in [0.15, 0.2) is 6.61 Å². The molecule has 0 spiro atoms. The van der Waals surface area contributed by atoms with E-state index in [0.29, 0.717) is 23.7 Å². The molecule has 2 rings (SSSR count). The highest BCUT2D eigenvalue weighted by Crippen LogP contribution is 2.19. The second kappa shape index (κ2) is 10.8. The van der Waals surface area contributed by atoms with Gasteiger partial charge in [0.2, 0.25) is 0 Å². The van der Waals surface area contributed by atoms with E-state index in [1.807, 2.05) is 31.2 Å². The third kappa shape index (κ3) is 6.99. The monoisotopic (exact) mass is 372 g/mol. The Labute approximate surface area is 158 Å². The number of hydrogen-bond donors (Lipinski definition) is 2. The Bertz CT molecular complexity index is 764. The molecule has 2 N–H and O–H groups in total. The van der Waals surface area contributed by atoms with E-state index in [-0.39, 0.29) is 19.1 Å². The molecule has 0 aliphatic carbocycles. The average molecular weight is 372 g/mol. The van der Waals surface area contributed by atoms with Gasteiger partial charge in [0.25, 0.3) is 5.91 Å². The van der Waals surface area contributed by atoms with Gasteiger partial charge in [-0.1, -0.05) is 31.2 Å². The number of anilines is 2. The molecule has 7 heteroatoms. The van der Waals surface area contributed by atoms with Crippen LogP contribution in [-0.2, 0) is 20.7 Å². The zero-order valence-corrected chi connectivity index (χ0v) is 15.5. The predicted molar refractivity (Wildman–Crippen MR) is 103 cm³/mol. The highest BCUT2D eigenvalue weighted by atomic mass is 16.6. The van der Waals surface area contributed by atoms with Crippen LogP contribution in [0.2, 0.25) is 0 Å². The molecule has 0 bridgehead atoms. The van der Waals surface area contributed by atoms with Crippen LogP contribution < -0.4 is 15.4 Å². The summed E-state index contributed by atoms with van der Waals surface area (Å²) in [7, 11) is 1.53. The smallest absolute Gasteiger partial charge is 0.411 e. The lowest BCUT2D eigenvalue weighted by atomic mass is 10.1. The molecule has 0 aliphatic heterocycles. The molecule has 0 fully saturated rings. The highest BCUT2D eigenvalue weighted by Gasteiger charge is 2.08. The van der Waals surface area contributed by atoms with E-state index in [0.717, 1.165) is 12.0 Å². The summed E-state index contributed by atoms with van der Waals surface area (Å²) < 4.78 is 15.3. The van der Waals surface area contributed by atoms with Crippen molar-refractivity contribution in [2.75, 3.05) is 37.6 Å². The fraction of sp³-hybridized carbons (Fsp3) is 0.300. The number of aryl methyl sites for hydroxylation is 1. The van der Waals surface area contributed by atoms with E-state index < -0.39 is 6.09 Å².